The third-order valence-electron chi connectivity index (χ3n) is 2.96. The average Bonchev–Trinajstić information content (AvgIpc) is 2.48. The van der Waals surface area contributed by atoms with Crippen molar-refractivity contribution in [2.24, 2.45) is 0 Å². The highest BCUT2D eigenvalue weighted by atomic mass is 18.2. The first-order valence-electron chi connectivity index (χ1n) is 6.36. The molecule has 0 aliphatic carbocycles. The van der Waals surface area contributed by atoms with Crippen LogP contribution < -0.4 is 10.1 Å². The molecule has 0 spiro atoms. The molecule has 104 valence electrons. The van der Waals surface area contributed by atoms with Crippen molar-refractivity contribution in [2.45, 2.75) is 6.42 Å². The van der Waals surface area contributed by atoms with Crippen molar-refractivity contribution in [3.63, 3.8) is 0 Å². The van der Waals surface area contributed by atoms with Crippen LogP contribution in [0.4, 0.5) is 4.39 Å². The number of hydrogen-bond donors (Lipinski definition) is 1. The number of nitrogens with one attached hydrogen (secondary N) is 1. The van der Waals surface area contributed by atoms with Crippen LogP contribution in [0.5, 0.6) is 5.75 Å². The molecular weight excluding hydrogens is 256 g/mol. The van der Waals surface area contributed by atoms with Gasteiger partial charge in [-0.2, -0.15) is 0 Å². The minimum absolute atomic E-state index is 0.196. The standard InChI is InChI=1S/C16H16FNO2/c1-20-15-8-2-12(3-9-15)10-11-18-16(19)13-4-6-14(17)7-5-13/h2-9H,10-11H2,1H3,(H,18,19)/i17-1. The van der Waals surface area contributed by atoms with Crippen LogP contribution in [0.15, 0.2) is 48.5 Å². The summed E-state index contributed by atoms with van der Waals surface area (Å²) in [6.07, 6.45) is 0.733. The number of carbonyl (C=O) groups excluding carboxylic acids is 1. The molecular formula is C16H16FNO2. The minimum atomic E-state index is -0.347. The van der Waals surface area contributed by atoms with Crippen LogP contribution in [0.1, 0.15) is 15.9 Å². The Morgan fingerprint density at radius 1 is 1.10 bits per heavy atom. The molecule has 0 bridgehead atoms. The Kier molecular flexibility index (Phi) is 4.71. The van der Waals surface area contributed by atoms with Gasteiger partial charge in [-0.3, -0.25) is 4.79 Å². The lowest BCUT2D eigenvalue weighted by Gasteiger charge is -2.06. The van der Waals surface area contributed by atoms with E-state index >= 15 is 0 Å². The molecule has 1 N–H and O–H groups in total. The number of rotatable bonds is 5. The molecule has 2 rings (SSSR count). The van der Waals surface area contributed by atoms with Crippen molar-refractivity contribution in [1.82, 2.24) is 5.32 Å². The molecule has 20 heavy (non-hydrogen) atoms. The van der Waals surface area contributed by atoms with Gasteiger partial charge in [0.05, 0.1) is 7.11 Å². The van der Waals surface area contributed by atoms with E-state index < -0.39 is 0 Å². The van der Waals surface area contributed by atoms with Crippen LogP contribution in [0.3, 0.4) is 0 Å². The maximum Gasteiger partial charge on any atom is 0.251 e. The fourth-order valence-corrected chi connectivity index (χ4v) is 1.82. The van der Waals surface area contributed by atoms with E-state index in [2.05, 4.69) is 5.32 Å². The monoisotopic (exact) mass is 272 g/mol. The van der Waals surface area contributed by atoms with Crippen LogP contribution in [0.25, 0.3) is 0 Å². The Hall–Kier alpha value is -2.36. The molecule has 0 atom stereocenters. The average molecular weight is 272 g/mol. The highest BCUT2D eigenvalue weighted by Gasteiger charge is 2.04. The number of benzene rings is 2. The summed E-state index contributed by atoms with van der Waals surface area (Å²) in [6, 6.07) is 13.2. The second-order valence-electron chi connectivity index (χ2n) is 4.36. The molecule has 0 aromatic heterocycles. The summed E-state index contributed by atoms with van der Waals surface area (Å²) in [4.78, 5) is 11.8. The van der Waals surface area contributed by atoms with Crippen molar-refractivity contribution >= 4 is 5.91 Å². The van der Waals surface area contributed by atoms with E-state index in [-0.39, 0.29) is 11.7 Å². The number of halogens is 1. The van der Waals surface area contributed by atoms with E-state index in [9.17, 15) is 9.18 Å². The summed E-state index contributed by atoms with van der Waals surface area (Å²) >= 11 is 0. The predicted octanol–water partition coefficient (Wildman–Crippen LogP) is 2.81. The zero-order valence-corrected chi connectivity index (χ0v) is 11.2. The molecule has 0 radical (unpaired) electrons. The molecule has 0 saturated carbocycles. The molecule has 0 aliphatic heterocycles. The number of carbonyl (C=O) groups is 1. The van der Waals surface area contributed by atoms with Crippen molar-refractivity contribution in [3.8, 4) is 5.75 Å². The first kappa shape index (κ1) is 14.1. The van der Waals surface area contributed by atoms with Gasteiger partial charge in [0.15, 0.2) is 0 Å². The Morgan fingerprint density at radius 3 is 2.35 bits per heavy atom. The number of hydrogen-bond acceptors (Lipinski definition) is 2. The van der Waals surface area contributed by atoms with Gasteiger partial charge in [-0.15, -0.1) is 0 Å². The molecule has 2 aromatic carbocycles. The molecule has 0 aliphatic rings. The van der Waals surface area contributed by atoms with Crippen molar-refractivity contribution in [3.05, 3.63) is 65.5 Å². The van der Waals surface area contributed by atoms with E-state index in [4.69, 9.17) is 4.74 Å². The highest BCUT2D eigenvalue weighted by molar-refractivity contribution is 5.94. The first-order chi connectivity index (χ1) is 9.69. The maximum atomic E-state index is 12.7. The predicted molar refractivity (Wildman–Crippen MR) is 75.4 cm³/mol. The zero-order valence-electron chi connectivity index (χ0n) is 11.2. The molecule has 2 aromatic rings. The Balaban J connectivity index is 1.82. The second-order valence-corrected chi connectivity index (χ2v) is 4.36. The summed E-state index contributed by atoms with van der Waals surface area (Å²) in [5.41, 5.74) is 1.58. The van der Waals surface area contributed by atoms with Crippen LogP contribution in [0.2, 0.25) is 0 Å². The highest BCUT2D eigenvalue weighted by Crippen LogP contribution is 2.11. The van der Waals surface area contributed by atoms with Crippen molar-refractivity contribution in [1.29, 1.82) is 0 Å². The molecule has 1 amide bonds. The largest absolute Gasteiger partial charge is 0.497 e. The van der Waals surface area contributed by atoms with Gasteiger partial charge in [0.25, 0.3) is 5.91 Å². The number of amides is 1. The Labute approximate surface area is 117 Å². The van der Waals surface area contributed by atoms with Gasteiger partial charge in [0, 0.05) is 12.1 Å². The van der Waals surface area contributed by atoms with Gasteiger partial charge < -0.3 is 10.1 Å². The summed E-state index contributed by atoms with van der Waals surface area (Å²) in [5, 5.41) is 2.80. The van der Waals surface area contributed by atoms with Gasteiger partial charge in [0.1, 0.15) is 11.6 Å². The third-order valence-corrected chi connectivity index (χ3v) is 2.96. The molecule has 0 saturated heterocycles. The first-order valence-corrected chi connectivity index (χ1v) is 6.36. The molecule has 0 unspecified atom stereocenters. The van der Waals surface area contributed by atoms with Crippen LogP contribution in [-0.2, 0) is 6.42 Å². The van der Waals surface area contributed by atoms with E-state index in [1.165, 1.54) is 24.3 Å². The lowest BCUT2D eigenvalue weighted by molar-refractivity contribution is 0.0954. The Morgan fingerprint density at radius 2 is 1.75 bits per heavy atom. The van der Waals surface area contributed by atoms with Gasteiger partial charge >= 0.3 is 0 Å². The molecule has 0 fully saturated rings. The lowest BCUT2D eigenvalue weighted by Crippen LogP contribution is -2.25. The maximum absolute atomic E-state index is 12.7. The zero-order chi connectivity index (χ0) is 14.4. The van der Waals surface area contributed by atoms with Crippen molar-refractivity contribution < 1.29 is 13.9 Å². The summed E-state index contributed by atoms with van der Waals surface area (Å²) in [6.45, 7) is 0.530. The van der Waals surface area contributed by atoms with E-state index in [0.29, 0.717) is 12.1 Å². The van der Waals surface area contributed by atoms with E-state index in [1.54, 1.807) is 7.11 Å². The van der Waals surface area contributed by atoms with Crippen LogP contribution in [-0.4, -0.2) is 19.6 Å². The van der Waals surface area contributed by atoms with E-state index in [0.717, 1.165) is 17.7 Å². The SMILES string of the molecule is COc1ccc(CCNC(=O)c2ccc([18F])cc2)cc1. The van der Waals surface area contributed by atoms with Gasteiger partial charge in [-0.1, -0.05) is 12.1 Å². The van der Waals surface area contributed by atoms with Gasteiger partial charge in [-0.25, -0.2) is 4.39 Å². The summed E-state index contributed by atoms with van der Waals surface area (Å²) in [7, 11) is 1.62. The topological polar surface area (TPSA) is 38.3 Å². The van der Waals surface area contributed by atoms with Crippen LogP contribution in [0, 0.1) is 5.82 Å². The normalized spacial score (nSPS) is 10.1. The minimum Gasteiger partial charge on any atom is -0.497 e. The Bertz CT molecular complexity index is 564. The molecule has 3 nitrogen and oxygen atoms in total. The fraction of sp³-hybridized carbons (Fsp3) is 0.188. The summed E-state index contributed by atoms with van der Waals surface area (Å²) < 4.78 is 17.8. The molecule has 0 heterocycles. The van der Waals surface area contributed by atoms with Gasteiger partial charge in [0.2, 0.25) is 0 Å². The third kappa shape index (κ3) is 3.82. The fourth-order valence-electron chi connectivity index (χ4n) is 1.82. The molecule has 4 heteroatoms. The number of methoxy groups -OCH3 is 1. The van der Waals surface area contributed by atoms with Crippen LogP contribution >= 0.6 is 0 Å². The quantitative estimate of drug-likeness (QED) is 0.909. The number of ether oxygens (including phenoxy) is 1. The van der Waals surface area contributed by atoms with E-state index in [1.807, 2.05) is 24.3 Å². The van der Waals surface area contributed by atoms with Crippen molar-refractivity contribution in [2.75, 3.05) is 13.7 Å². The summed E-state index contributed by atoms with van der Waals surface area (Å²) in [5.74, 6) is 0.266. The second kappa shape index (κ2) is 6.70. The van der Waals surface area contributed by atoms with Gasteiger partial charge in [-0.05, 0) is 48.4 Å². The smallest absolute Gasteiger partial charge is 0.251 e. The lowest BCUT2D eigenvalue weighted by atomic mass is 10.1.